The summed E-state index contributed by atoms with van der Waals surface area (Å²) in [5.74, 6) is 0. The number of hydrogen-bond acceptors (Lipinski definition) is 3. The highest BCUT2D eigenvalue weighted by atomic mass is 16.3. The van der Waals surface area contributed by atoms with Crippen LogP contribution in [0.15, 0.2) is 108 Å². The Kier molecular flexibility index (Phi) is 10.3. The fraction of sp³-hybridized carbons (Fsp3) is 0.421. The van der Waals surface area contributed by atoms with Crippen LogP contribution >= 0.6 is 0 Å². The van der Waals surface area contributed by atoms with Gasteiger partial charge in [0.15, 0.2) is 5.58 Å². The van der Waals surface area contributed by atoms with Gasteiger partial charge in [-0.3, -0.25) is 0 Å². The van der Waals surface area contributed by atoms with Gasteiger partial charge < -0.3 is 18.8 Å². The zero-order valence-electron chi connectivity index (χ0n) is 51.8. The molecule has 2 unspecified atom stereocenters. The van der Waals surface area contributed by atoms with Gasteiger partial charge in [-0.2, -0.15) is 0 Å². The number of rotatable bonds is 4. The lowest BCUT2D eigenvalue weighted by Gasteiger charge is -2.52. The molecule has 2 atom stereocenters. The number of nitrogens with zero attached hydrogens (tertiary/aromatic N) is 3. The Morgan fingerprint density at radius 1 is 0.543 bits per heavy atom. The van der Waals surface area contributed by atoms with Gasteiger partial charge in [-0.1, -0.05) is 151 Å². The van der Waals surface area contributed by atoms with Crippen molar-refractivity contribution in [2.45, 2.75) is 207 Å². The largest absolute Gasteiger partial charge is 0.454 e. The molecule has 0 radical (unpaired) electrons. The highest BCUT2D eigenvalue weighted by Gasteiger charge is 2.62. The van der Waals surface area contributed by atoms with Crippen molar-refractivity contribution in [1.82, 2.24) is 4.57 Å². The Hall–Kier alpha value is -6.46. The molecule has 15 rings (SSSR count). The zero-order chi connectivity index (χ0) is 56.8. The predicted octanol–water partition coefficient (Wildman–Crippen LogP) is 18.8. The molecule has 412 valence electrons. The van der Waals surface area contributed by atoms with Gasteiger partial charge in [-0.15, -0.1) is 0 Å². The van der Waals surface area contributed by atoms with Crippen molar-refractivity contribution >= 4 is 84.5 Å². The molecule has 0 saturated heterocycles. The maximum atomic E-state index is 7.24. The maximum absolute atomic E-state index is 7.24. The average molecular weight is 1070 g/mol. The van der Waals surface area contributed by atoms with Crippen LogP contribution in [0.4, 0.5) is 28.4 Å². The fourth-order valence-corrected chi connectivity index (χ4v) is 17.9. The first-order valence-corrected chi connectivity index (χ1v) is 31.0. The minimum absolute atomic E-state index is 0.0221. The molecule has 3 aliphatic carbocycles. The van der Waals surface area contributed by atoms with Gasteiger partial charge in [0.2, 0.25) is 0 Å². The van der Waals surface area contributed by atoms with Gasteiger partial charge in [0.1, 0.15) is 11.1 Å². The molecule has 0 amide bonds. The normalized spacial score (nSPS) is 22.2. The van der Waals surface area contributed by atoms with E-state index in [2.05, 4.69) is 235 Å². The van der Waals surface area contributed by atoms with Crippen molar-refractivity contribution in [3.63, 3.8) is 0 Å². The molecular weight excluding hydrogens is 982 g/mol. The van der Waals surface area contributed by atoms with Crippen LogP contribution in [0.25, 0.3) is 49.8 Å². The number of hydrogen-bond donors (Lipinski definition) is 0. The van der Waals surface area contributed by atoms with Crippen molar-refractivity contribution in [3.05, 3.63) is 159 Å². The standard InChI is InChI=1S/C76H84BN3O/c1-43-23-22-24-44(2)63(43)47-36-55-68-56(37-47)77-57-39-48(70(5,6)7)38-51-66(57)79(67-50-25-18-19-26-62(50)81-69(51)67)60-40-49(41-61(65(60)77)80(68)76(17)30-21-20-29-75(55,76)16)78(58-28-27-52-64(46(58)4)74(14,15)34-33-71(52,8)9)59-42-54-53(35-45(59)3)72(10,11)31-32-73(54,12)13/h18-19,22-28,35-42H,20-21,29-34H2,1-17H3. The van der Waals surface area contributed by atoms with Gasteiger partial charge in [0.25, 0.3) is 6.71 Å². The monoisotopic (exact) mass is 1070 g/mol. The molecule has 2 aromatic heterocycles. The summed E-state index contributed by atoms with van der Waals surface area (Å²) in [6.45, 7) is 41.9. The summed E-state index contributed by atoms with van der Waals surface area (Å²) in [6, 6.07) is 41.8. The summed E-state index contributed by atoms with van der Waals surface area (Å²) in [7, 11) is 0. The van der Waals surface area contributed by atoms with Crippen LogP contribution in [-0.2, 0) is 32.5 Å². The first-order chi connectivity index (χ1) is 38.2. The van der Waals surface area contributed by atoms with Crippen LogP contribution in [0.5, 0.6) is 0 Å². The Bertz CT molecular complexity index is 4240. The molecule has 6 aliphatic rings. The van der Waals surface area contributed by atoms with Gasteiger partial charge in [0.05, 0.1) is 16.7 Å². The zero-order valence-corrected chi connectivity index (χ0v) is 51.8. The fourth-order valence-electron chi connectivity index (χ4n) is 17.9. The van der Waals surface area contributed by atoms with E-state index in [9.17, 15) is 0 Å². The molecular formula is C76H84BN3O. The van der Waals surface area contributed by atoms with Crippen LogP contribution in [0.2, 0.25) is 0 Å². The highest BCUT2D eigenvalue weighted by molar-refractivity contribution is 7.00. The number of aromatic nitrogens is 1. The lowest BCUT2D eigenvalue weighted by atomic mass is 9.33. The van der Waals surface area contributed by atoms with Gasteiger partial charge in [-0.25, -0.2) is 0 Å². The lowest BCUT2D eigenvalue weighted by molar-refractivity contribution is 0.195. The molecule has 1 fully saturated rings. The van der Waals surface area contributed by atoms with Crippen LogP contribution in [0, 0.1) is 27.7 Å². The molecule has 0 N–H and O–H groups in total. The van der Waals surface area contributed by atoms with E-state index >= 15 is 0 Å². The Morgan fingerprint density at radius 3 is 1.91 bits per heavy atom. The SMILES string of the molecule is Cc1cc2c(cc1N(c1cc3c4c(c1)-n1c5c(cc(C(C)(C)C)cc5c5oc6ccccc6c51)B4c1cc(-c4c(C)cccc4C)cc4c1N3C1(C)CCCCC41C)c1ccc3c(c1C)C(C)(C)CCC3(C)C)C(C)(C)CCC2(C)C. The first-order valence-electron chi connectivity index (χ1n) is 31.0. The van der Waals surface area contributed by atoms with E-state index < -0.39 is 0 Å². The van der Waals surface area contributed by atoms with E-state index in [1.807, 2.05) is 0 Å². The average Bonchev–Trinajstić information content (AvgIpc) is 4.22. The second-order valence-corrected chi connectivity index (χ2v) is 30.7. The summed E-state index contributed by atoms with van der Waals surface area (Å²) >= 11 is 0. The van der Waals surface area contributed by atoms with Crippen LogP contribution in [-0.4, -0.2) is 16.8 Å². The van der Waals surface area contributed by atoms with E-state index in [1.54, 1.807) is 0 Å². The molecule has 0 spiro atoms. The van der Waals surface area contributed by atoms with Crippen LogP contribution < -0.4 is 26.2 Å². The maximum Gasteiger partial charge on any atom is 0.252 e. The van der Waals surface area contributed by atoms with Crippen molar-refractivity contribution in [2.75, 3.05) is 9.80 Å². The van der Waals surface area contributed by atoms with Gasteiger partial charge in [0, 0.05) is 44.6 Å². The molecule has 3 aliphatic heterocycles. The summed E-state index contributed by atoms with van der Waals surface area (Å²) in [5.41, 5.74) is 33.4. The number of furan rings is 1. The van der Waals surface area contributed by atoms with E-state index in [0.29, 0.717) is 0 Å². The third kappa shape index (κ3) is 6.67. The molecule has 81 heavy (non-hydrogen) atoms. The molecule has 1 saturated carbocycles. The van der Waals surface area contributed by atoms with Crippen LogP contribution in [0.3, 0.4) is 0 Å². The molecule has 0 bridgehead atoms. The lowest BCUT2D eigenvalue weighted by Crippen LogP contribution is -2.64. The number of benzene rings is 7. The third-order valence-corrected chi connectivity index (χ3v) is 22.9. The molecule has 5 heteroatoms. The minimum Gasteiger partial charge on any atom is -0.454 e. The number of para-hydroxylation sites is 1. The Labute approximate surface area is 483 Å². The van der Waals surface area contributed by atoms with Crippen molar-refractivity contribution in [2.24, 2.45) is 0 Å². The third-order valence-electron chi connectivity index (χ3n) is 22.9. The number of fused-ring (bicyclic) bond motifs is 14. The van der Waals surface area contributed by atoms with E-state index in [0.717, 1.165) is 42.2 Å². The predicted molar refractivity (Wildman–Crippen MR) is 346 cm³/mol. The topological polar surface area (TPSA) is 24.6 Å². The Balaban J connectivity index is 1.13. The quantitative estimate of drug-likeness (QED) is 0.164. The summed E-state index contributed by atoms with van der Waals surface area (Å²) in [5, 5.41) is 2.37. The summed E-state index contributed by atoms with van der Waals surface area (Å²) in [4.78, 5) is 5.72. The number of aryl methyl sites for hydroxylation is 3. The smallest absolute Gasteiger partial charge is 0.252 e. The van der Waals surface area contributed by atoms with Crippen LogP contribution in [0.1, 0.15) is 197 Å². The van der Waals surface area contributed by atoms with Crippen molar-refractivity contribution < 1.29 is 4.42 Å². The molecule has 4 nitrogen and oxygen atoms in total. The van der Waals surface area contributed by atoms with Gasteiger partial charge in [-0.05, 0) is 232 Å². The highest BCUT2D eigenvalue weighted by Crippen LogP contribution is 2.63. The Morgan fingerprint density at radius 2 is 1.20 bits per heavy atom. The minimum atomic E-state index is -0.185. The second kappa shape index (κ2) is 16.2. The molecule has 5 heterocycles. The van der Waals surface area contributed by atoms with E-state index in [4.69, 9.17) is 4.42 Å². The number of anilines is 5. The van der Waals surface area contributed by atoms with E-state index in [-0.39, 0.29) is 44.7 Å². The van der Waals surface area contributed by atoms with Crippen molar-refractivity contribution in [3.8, 4) is 16.8 Å². The summed E-state index contributed by atoms with van der Waals surface area (Å²) in [6.07, 6.45) is 9.43. The van der Waals surface area contributed by atoms with Gasteiger partial charge >= 0.3 is 0 Å². The molecule has 7 aromatic carbocycles. The summed E-state index contributed by atoms with van der Waals surface area (Å²) < 4.78 is 9.94. The first kappa shape index (κ1) is 51.4. The molecule has 9 aromatic rings. The second-order valence-electron chi connectivity index (χ2n) is 30.7. The van der Waals surface area contributed by atoms with Crippen molar-refractivity contribution in [1.29, 1.82) is 0 Å². The van der Waals surface area contributed by atoms with E-state index in [1.165, 1.54) is 159 Å².